The van der Waals surface area contributed by atoms with Crippen molar-refractivity contribution in [2.24, 2.45) is 0 Å². The summed E-state index contributed by atoms with van der Waals surface area (Å²) in [6.45, 7) is 0. The molecule has 0 N–H and O–H groups in total. The maximum Gasteiger partial charge on any atom is 1.00 e. The van der Waals surface area contributed by atoms with Crippen LogP contribution in [0.2, 0.25) is 10.0 Å². The molecule has 0 saturated carbocycles. The second-order valence-electron chi connectivity index (χ2n) is 2.20. The van der Waals surface area contributed by atoms with Gasteiger partial charge in [-0.1, -0.05) is 40.3 Å². The summed E-state index contributed by atoms with van der Waals surface area (Å²) in [5.74, 6) is -0.0309. The van der Waals surface area contributed by atoms with E-state index in [0.29, 0.717) is 15.6 Å². The summed E-state index contributed by atoms with van der Waals surface area (Å²) in [6.07, 6.45) is 0. The largest absolute Gasteiger partial charge is 1.00 e. The molecule has 0 bridgehead atoms. The van der Waals surface area contributed by atoms with E-state index in [0.717, 1.165) is 0 Å². The van der Waals surface area contributed by atoms with Crippen LogP contribution in [0.4, 0.5) is 0 Å². The molecule has 0 radical (unpaired) electrons. The monoisotopic (exact) mass is 246 g/mol. The van der Waals surface area contributed by atoms with E-state index in [9.17, 15) is 8.76 Å². The molecule has 0 spiro atoms. The summed E-state index contributed by atoms with van der Waals surface area (Å²) in [4.78, 5) is 0. The Balaban J connectivity index is 0.00000144. The van der Waals surface area contributed by atoms with E-state index in [4.69, 9.17) is 23.2 Å². The van der Waals surface area contributed by atoms with Gasteiger partial charge in [0.1, 0.15) is 0 Å². The van der Waals surface area contributed by atoms with Gasteiger partial charge in [-0.25, -0.2) is 0 Å². The van der Waals surface area contributed by atoms with E-state index in [1.807, 2.05) is 0 Å². The molecule has 0 aliphatic carbocycles. The van der Waals surface area contributed by atoms with Crippen LogP contribution in [-0.4, -0.2) is 8.76 Å². The first-order valence-corrected chi connectivity index (χ1v) is 5.09. The average Bonchev–Trinajstić information content (AvgIpc) is 1.96. The maximum absolute atomic E-state index is 10.3. The van der Waals surface area contributed by atoms with Crippen molar-refractivity contribution in [2.45, 2.75) is 5.75 Å². The molecule has 0 amide bonds. The summed E-state index contributed by atoms with van der Waals surface area (Å²) < 4.78 is 20.6. The standard InChI is InChI=1S/C7H6Cl2O2S.Na/c8-6-2-1-5(3-7(6)9)4-12(10)11;/h1-3H,4H2,(H,10,11);/q;+1/p-1. The molecule has 0 aliphatic heterocycles. The van der Waals surface area contributed by atoms with Crippen molar-refractivity contribution in [1.29, 1.82) is 0 Å². The number of hydrogen-bond acceptors (Lipinski definition) is 2. The summed E-state index contributed by atoms with van der Waals surface area (Å²) in [5.41, 5.74) is 0.637. The molecule has 0 saturated heterocycles. The Morgan fingerprint density at radius 2 is 1.92 bits per heavy atom. The molecular formula is C7H5Cl2NaO2S. The first kappa shape index (κ1) is 13.9. The number of rotatable bonds is 2. The number of hydrogen-bond donors (Lipinski definition) is 0. The average molecular weight is 247 g/mol. The SMILES string of the molecule is O=S([O-])Cc1ccc(Cl)c(Cl)c1.[Na+]. The molecule has 0 heterocycles. The summed E-state index contributed by atoms with van der Waals surface area (Å²) >= 11 is 9.21. The summed E-state index contributed by atoms with van der Waals surface area (Å²) in [5, 5.41) is 0.803. The zero-order valence-corrected chi connectivity index (χ0v) is 11.2. The number of halogens is 2. The van der Waals surface area contributed by atoms with Gasteiger partial charge in [0.15, 0.2) is 0 Å². The second-order valence-corrected chi connectivity index (χ2v) is 3.91. The topological polar surface area (TPSA) is 40.1 Å². The van der Waals surface area contributed by atoms with Crippen LogP contribution in [0.15, 0.2) is 18.2 Å². The van der Waals surface area contributed by atoms with E-state index in [2.05, 4.69) is 0 Å². The molecule has 1 rings (SSSR count). The van der Waals surface area contributed by atoms with Crippen molar-refractivity contribution < 1.29 is 38.3 Å². The van der Waals surface area contributed by atoms with E-state index in [1.54, 1.807) is 18.2 Å². The first-order chi connectivity index (χ1) is 5.59. The molecule has 6 heteroatoms. The molecule has 1 atom stereocenters. The minimum Gasteiger partial charge on any atom is -0.772 e. The minimum absolute atomic E-state index is 0. The van der Waals surface area contributed by atoms with Crippen molar-refractivity contribution in [2.75, 3.05) is 0 Å². The Morgan fingerprint density at radius 1 is 1.31 bits per heavy atom. The van der Waals surface area contributed by atoms with E-state index in [1.165, 1.54) is 0 Å². The Kier molecular flexibility index (Phi) is 6.85. The van der Waals surface area contributed by atoms with Crippen LogP contribution in [0.1, 0.15) is 5.56 Å². The Hall–Kier alpha value is 0.910. The fourth-order valence-corrected chi connectivity index (χ4v) is 1.54. The molecule has 1 aromatic carbocycles. The number of benzene rings is 1. The van der Waals surface area contributed by atoms with Gasteiger partial charge in [-0.05, 0) is 17.7 Å². The normalized spacial score (nSPS) is 11.9. The van der Waals surface area contributed by atoms with Crippen LogP contribution < -0.4 is 29.6 Å². The molecule has 1 aromatic rings. The molecule has 66 valence electrons. The van der Waals surface area contributed by atoms with Crippen molar-refractivity contribution >= 4 is 34.3 Å². The van der Waals surface area contributed by atoms with Crippen LogP contribution in [-0.2, 0) is 16.8 Å². The van der Waals surface area contributed by atoms with E-state index >= 15 is 0 Å². The zero-order chi connectivity index (χ0) is 9.14. The first-order valence-electron chi connectivity index (χ1n) is 3.09. The van der Waals surface area contributed by atoms with Gasteiger partial charge in [0, 0.05) is 5.75 Å². The fraction of sp³-hybridized carbons (Fsp3) is 0.143. The molecule has 0 aliphatic rings. The van der Waals surface area contributed by atoms with Crippen molar-refractivity contribution in [3.8, 4) is 0 Å². The predicted molar refractivity (Wildman–Crippen MR) is 49.1 cm³/mol. The van der Waals surface area contributed by atoms with Gasteiger partial charge in [0.05, 0.1) is 10.0 Å². The second kappa shape index (κ2) is 6.40. The molecular weight excluding hydrogens is 242 g/mol. The van der Waals surface area contributed by atoms with Crippen molar-refractivity contribution in [1.82, 2.24) is 0 Å². The molecule has 13 heavy (non-hydrogen) atoms. The molecule has 0 aromatic heterocycles. The Labute approximate surface area is 111 Å². The van der Waals surface area contributed by atoms with Crippen LogP contribution in [0, 0.1) is 0 Å². The molecule has 0 fully saturated rings. The van der Waals surface area contributed by atoms with Gasteiger partial charge < -0.3 is 4.55 Å². The van der Waals surface area contributed by atoms with Gasteiger partial charge in [0.2, 0.25) is 0 Å². The van der Waals surface area contributed by atoms with E-state index in [-0.39, 0.29) is 35.3 Å². The third kappa shape index (κ3) is 4.79. The summed E-state index contributed by atoms with van der Waals surface area (Å²) in [6, 6.07) is 4.75. The fourth-order valence-electron chi connectivity index (χ4n) is 0.766. The predicted octanol–water partition coefficient (Wildman–Crippen LogP) is -0.623. The summed E-state index contributed by atoms with van der Waals surface area (Å²) in [7, 11) is 0. The molecule has 2 nitrogen and oxygen atoms in total. The van der Waals surface area contributed by atoms with Crippen LogP contribution in [0.5, 0.6) is 0 Å². The quantitative estimate of drug-likeness (QED) is 0.516. The zero-order valence-electron chi connectivity index (χ0n) is 6.92. The van der Waals surface area contributed by atoms with Gasteiger partial charge >= 0.3 is 29.6 Å². The van der Waals surface area contributed by atoms with Gasteiger partial charge in [-0.15, -0.1) is 0 Å². The van der Waals surface area contributed by atoms with E-state index < -0.39 is 11.1 Å². The Bertz CT molecular complexity index is 319. The van der Waals surface area contributed by atoms with Crippen molar-refractivity contribution in [3.63, 3.8) is 0 Å². The van der Waals surface area contributed by atoms with Crippen molar-refractivity contribution in [3.05, 3.63) is 33.8 Å². The van der Waals surface area contributed by atoms with Gasteiger partial charge in [0.25, 0.3) is 0 Å². The van der Waals surface area contributed by atoms with Crippen LogP contribution >= 0.6 is 23.2 Å². The van der Waals surface area contributed by atoms with Gasteiger partial charge in [-0.2, -0.15) is 0 Å². The Morgan fingerprint density at radius 3 is 2.38 bits per heavy atom. The third-order valence-corrected chi connectivity index (χ3v) is 2.58. The maximum atomic E-state index is 10.3. The van der Waals surface area contributed by atoms with Crippen LogP contribution in [0.25, 0.3) is 0 Å². The molecule has 1 unspecified atom stereocenters. The minimum atomic E-state index is -2.08. The smallest absolute Gasteiger partial charge is 0.772 e. The van der Waals surface area contributed by atoms with Crippen LogP contribution in [0.3, 0.4) is 0 Å². The van der Waals surface area contributed by atoms with Gasteiger partial charge in [-0.3, -0.25) is 4.21 Å². The third-order valence-electron chi connectivity index (χ3n) is 1.27.